The first-order valence-electron chi connectivity index (χ1n) is 9.68. The second-order valence-corrected chi connectivity index (χ2v) is 7.41. The highest BCUT2D eigenvalue weighted by atomic mass is 35.5. The summed E-state index contributed by atoms with van der Waals surface area (Å²) < 4.78 is 45.9. The molecule has 2 aromatic rings. The molecule has 0 radical (unpaired) electrons. The van der Waals surface area contributed by atoms with Crippen LogP contribution in [-0.4, -0.2) is 30.7 Å². The van der Waals surface area contributed by atoms with Gasteiger partial charge in [-0.05, 0) is 68.6 Å². The minimum absolute atomic E-state index is 0. The molecule has 0 spiro atoms. The number of carbonyl (C=O) groups is 1. The van der Waals surface area contributed by atoms with Crippen molar-refractivity contribution in [2.75, 3.05) is 25.5 Å². The molecule has 1 aromatic carbocycles. The van der Waals surface area contributed by atoms with E-state index in [1.54, 1.807) is 19.2 Å². The van der Waals surface area contributed by atoms with E-state index in [4.69, 9.17) is 4.74 Å². The summed E-state index contributed by atoms with van der Waals surface area (Å²) in [6.45, 7) is 3.85. The molecule has 1 aromatic heterocycles. The van der Waals surface area contributed by atoms with E-state index in [0.29, 0.717) is 12.1 Å². The number of nitrogens with one attached hydrogen (secondary N) is 2. The van der Waals surface area contributed by atoms with Crippen molar-refractivity contribution >= 4 is 24.0 Å². The lowest BCUT2D eigenvalue weighted by molar-refractivity contribution is -0.138. The minimum Gasteiger partial charge on any atom is -0.496 e. The number of carbonyl (C=O) groups excluding carboxylic acids is 1. The molecule has 1 atom stereocenters. The molecule has 1 aliphatic rings. The zero-order valence-corrected chi connectivity index (χ0v) is 18.0. The molecule has 1 amide bonds. The average molecular weight is 460 g/mol. The number of halogens is 4. The van der Waals surface area contributed by atoms with Crippen molar-refractivity contribution in [3.63, 3.8) is 0 Å². The summed E-state index contributed by atoms with van der Waals surface area (Å²) in [6.07, 6.45) is -0.980. The van der Waals surface area contributed by atoms with Crippen LogP contribution in [0, 0.1) is 12.8 Å². The highest BCUT2D eigenvalue weighted by Gasteiger charge is 2.34. The van der Waals surface area contributed by atoms with Crippen LogP contribution in [0.15, 0.2) is 35.3 Å². The Balaban J connectivity index is 0.00000341. The first-order chi connectivity index (χ1) is 14.2. The molecule has 10 heteroatoms. The Morgan fingerprint density at radius 1 is 1.32 bits per heavy atom. The number of alkyl halides is 3. The minimum atomic E-state index is -4.64. The number of anilines is 1. The molecule has 2 N–H and O–H groups in total. The lowest BCUT2D eigenvalue weighted by Gasteiger charge is -2.23. The number of amides is 1. The van der Waals surface area contributed by atoms with E-state index < -0.39 is 23.2 Å². The van der Waals surface area contributed by atoms with Gasteiger partial charge in [-0.2, -0.15) is 13.2 Å². The van der Waals surface area contributed by atoms with Crippen LogP contribution >= 0.6 is 12.4 Å². The molecule has 2 heterocycles. The maximum absolute atomic E-state index is 13.2. The molecule has 170 valence electrons. The lowest BCUT2D eigenvalue weighted by Crippen LogP contribution is -2.36. The van der Waals surface area contributed by atoms with E-state index in [-0.39, 0.29) is 35.3 Å². The van der Waals surface area contributed by atoms with Crippen LogP contribution in [0.5, 0.6) is 5.75 Å². The van der Waals surface area contributed by atoms with Crippen LogP contribution in [0.2, 0.25) is 0 Å². The normalized spacial score (nSPS) is 16.4. The van der Waals surface area contributed by atoms with Gasteiger partial charge in [0, 0.05) is 18.4 Å². The van der Waals surface area contributed by atoms with Gasteiger partial charge in [0.2, 0.25) is 0 Å². The Bertz CT molecular complexity index is 986. The third-order valence-electron chi connectivity index (χ3n) is 5.22. The van der Waals surface area contributed by atoms with Crippen molar-refractivity contribution in [1.82, 2.24) is 9.88 Å². The highest BCUT2D eigenvalue weighted by Crippen LogP contribution is 2.37. The summed E-state index contributed by atoms with van der Waals surface area (Å²) in [4.78, 5) is 25.7. The molecule has 0 saturated carbocycles. The standard InChI is InChI=1S/C21H24F3N3O3.ClH/c1-13-7-9-27(12-14-4-3-8-25-11-14)20(29)18(13)19(28)26-15-5-6-17(30-2)16(10-15)21(22,23)24;/h5-7,9-10,14,25H,3-4,8,11-12H2,1-2H3,(H,26,28);1H. The lowest BCUT2D eigenvalue weighted by atomic mass is 9.99. The zero-order chi connectivity index (χ0) is 21.9. The number of hydrogen-bond acceptors (Lipinski definition) is 4. The number of benzene rings is 1. The molecular weight excluding hydrogens is 435 g/mol. The van der Waals surface area contributed by atoms with Crippen LogP contribution < -0.4 is 20.9 Å². The first-order valence-corrected chi connectivity index (χ1v) is 9.68. The zero-order valence-electron chi connectivity index (χ0n) is 17.2. The monoisotopic (exact) mass is 459 g/mol. The van der Waals surface area contributed by atoms with Gasteiger partial charge in [0.15, 0.2) is 0 Å². The summed E-state index contributed by atoms with van der Waals surface area (Å²) >= 11 is 0. The van der Waals surface area contributed by atoms with Crippen molar-refractivity contribution in [2.45, 2.75) is 32.5 Å². The Morgan fingerprint density at radius 2 is 2.06 bits per heavy atom. The number of rotatable bonds is 5. The van der Waals surface area contributed by atoms with Crippen molar-refractivity contribution in [1.29, 1.82) is 0 Å². The van der Waals surface area contributed by atoms with Crippen LogP contribution in [-0.2, 0) is 12.7 Å². The van der Waals surface area contributed by atoms with Gasteiger partial charge in [-0.3, -0.25) is 9.59 Å². The molecule has 1 saturated heterocycles. The maximum atomic E-state index is 13.2. The second-order valence-electron chi connectivity index (χ2n) is 7.41. The van der Waals surface area contributed by atoms with Gasteiger partial charge in [0.25, 0.3) is 11.5 Å². The fourth-order valence-corrected chi connectivity index (χ4v) is 3.64. The number of hydrogen-bond donors (Lipinski definition) is 2. The van der Waals surface area contributed by atoms with Gasteiger partial charge in [-0.15, -0.1) is 12.4 Å². The van der Waals surface area contributed by atoms with Gasteiger partial charge in [0.05, 0.1) is 12.7 Å². The predicted octanol–water partition coefficient (Wildman–Crippen LogP) is 3.86. The van der Waals surface area contributed by atoms with Crippen LogP contribution in [0.25, 0.3) is 0 Å². The van der Waals surface area contributed by atoms with E-state index in [1.807, 2.05) is 0 Å². The van der Waals surface area contributed by atoms with E-state index in [2.05, 4.69) is 10.6 Å². The van der Waals surface area contributed by atoms with Crippen molar-refractivity contribution in [3.05, 3.63) is 57.5 Å². The van der Waals surface area contributed by atoms with Crippen LogP contribution in [0.1, 0.15) is 34.3 Å². The molecule has 1 unspecified atom stereocenters. The van der Waals surface area contributed by atoms with Crippen molar-refractivity contribution < 1.29 is 22.7 Å². The van der Waals surface area contributed by atoms with Crippen LogP contribution in [0.4, 0.5) is 18.9 Å². The summed E-state index contributed by atoms with van der Waals surface area (Å²) in [7, 11) is 1.14. The van der Waals surface area contributed by atoms with Gasteiger partial charge >= 0.3 is 6.18 Å². The van der Waals surface area contributed by atoms with E-state index in [1.165, 1.54) is 10.6 Å². The average Bonchev–Trinajstić information content (AvgIpc) is 2.70. The molecule has 6 nitrogen and oxygen atoms in total. The van der Waals surface area contributed by atoms with Gasteiger partial charge in [-0.25, -0.2) is 0 Å². The number of piperidine rings is 1. The third-order valence-corrected chi connectivity index (χ3v) is 5.22. The van der Waals surface area contributed by atoms with Gasteiger partial charge in [-0.1, -0.05) is 0 Å². The SMILES string of the molecule is COc1ccc(NC(=O)c2c(C)ccn(CC3CCCNC3)c2=O)cc1C(F)(F)F.Cl. The Kier molecular flexibility index (Phi) is 8.14. The molecule has 1 fully saturated rings. The Hall–Kier alpha value is -2.52. The van der Waals surface area contributed by atoms with Gasteiger partial charge < -0.3 is 19.9 Å². The predicted molar refractivity (Wildman–Crippen MR) is 114 cm³/mol. The Morgan fingerprint density at radius 3 is 2.68 bits per heavy atom. The van der Waals surface area contributed by atoms with E-state index in [0.717, 1.165) is 45.2 Å². The molecular formula is C21H25ClF3N3O3. The number of pyridine rings is 1. The fraction of sp³-hybridized carbons (Fsp3) is 0.429. The molecule has 0 bridgehead atoms. The molecule has 0 aliphatic carbocycles. The number of aryl methyl sites for hydroxylation is 1. The van der Waals surface area contributed by atoms with E-state index >= 15 is 0 Å². The summed E-state index contributed by atoms with van der Waals surface area (Å²) in [5, 5.41) is 5.70. The summed E-state index contributed by atoms with van der Waals surface area (Å²) in [6, 6.07) is 4.89. The smallest absolute Gasteiger partial charge is 0.420 e. The number of ether oxygens (including phenoxy) is 1. The number of methoxy groups -OCH3 is 1. The maximum Gasteiger partial charge on any atom is 0.420 e. The Labute approximate surface area is 184 Å². The largest absolute Gasteiger partial charge is 0.496 e. The number of aromatic nitrogens is 1. The van der Waals surface area contributed by atoms with Crippen LogP contribution in [0.3, 0.4) is 0 Å². The quantitative estimate of drug-likeness (QED) is 0.712. The molecule has 1 aliphatic heterocycles. The number of nitrogens with zero attached hydrogens (tertiary/aromatic N) is 1. The third kappa shape index (κ3) is 5.80. The second kappa shape index (κ2) is 10.2. The van der Waals surface area contributed by atoms with Gasteiger partial charge in [0.1, 0.15) is 11.3 Å². The van der Waals surface area contributed by atoms with Crippen molar-refractivity contribution in [3.8, 4) is 5.75 Å². The first kappa shape index (κ1) is 24.7. The summed E-state index contributed by atoms with van der Waals surface area (Å²) in [5.41, 5.74) is -1.15. The molecule has 3 rings (SSSR count). The topological polar surface area (TPSA) is 72.4 Å². The van der Waals surface area contributed by atoms with Crippen molar-refractivity contribution in [2.24, 2.45) is 5.92 Å². The molecule has 31 heavy (non-hydrogen) atoms. The fourth-order valence-electron chi connectivity index (χ4n) is 3.64. The highest BCUT2D eigenvalue weighted by molar-refractivity contribution is 6.05. The van der Waals surface area contributed by atoms with E-state index in [9.17, 15) is 22.8 Å². The summed E-state index contributed by atoms with van der Waals surface area (Å²) in [5.74, 6) is -0.808.